The van der Waals surface area contributed by atoms with Crippen LogP contribution in [-0.2, 0) is 4.79 Å². The van der Waals surface area contributed by atoms with E-state index in [4.69, 9.17) is 23.2 Å². The molecule has 0 aliphatic rings. The summed E-state index contributed by atoms with van der Waals surface area (Å²) in [5.41, 5.74) is 0.182. The Bertz CT molecular complexity index is 489. The first-order chi connectivity index (χ1) is 8.81. The van der Waals surface area contributed by atoms with Gasteiger partial charge in [0.05, 0.1) is 22.6 Å². The Morgan fingerprint density at radius 3 is 2.42 bits per heavy atom. The zero-order valence-corrected chi connectivity index (χ0v) is 12.1. The molecule has 0 heterocycles. The minimum absolute atomic E-state index is 0.115. The van der Waals surface area contributed by atoms with Crippen LogP contribution in [0.15, 0.2) is 18.2 Å². The van der Waals surface area contributed by atoms with Crippen LogP contribution in [0.1, 0.15) is 30.6 Å². The number of carbonyl (C=O) groups is 2. The van der Waals surface area contributed by atoms with E-state index in [0.717, 1.165) is 0 Å². The molecule has 104 valence electrons. The third kappa shape index (κ3) is 4.73. The number of hydrogen-bond donors (Lipinski definition) is 1. The highest BCUT2D eigenvalue weighted by Gasteiger charge is 2.18. The molecule has 4 nitrogen and oxygen atoms in total. The zero-order valence-electron chi connectivity index (χ0n) is 10.6. The summed E-state index contributed by atoms with van der Waals surface area (Å²) in [6.07, 6.45) is 0.291. The van der Waals surface area contributed by atoms with E-state index >= 15 is 0 Å². The van der Waals surface area contributed by atoms with Crippen LogP contribution in [0.5, 0.6) is 0 Å². The molecule has 1 atom stereocenters. The van der Waals surface area contributed by atoms with Gasteiger partial charge >= 0.3 is 0 Å². The van der Waals surface area contributed by atoms with Gasteiger partial charge in [0, 0.05) is 5.02 Å². The molecule has 0 fully saturated rings. The van der Waals surface area contributed by atoms with Gasteiger partial charge in [-0.25, -0.2) is 0 Å². The number of amides is 1. The molecule has 0 aromatic heterocycles. The largest absolute Gasteiger partial charge is 0.548 e. The highest BCUT2D eigenvalue weighted by atomic mass is 35.5. The fourth-order valence-electron chi connectivity index (χ4n) is 1.60. The van der Waals surface area contributed by atoms with E-state index < -0.39 is 17.9 Å². The number of carboxylic acid groups (broad SMARTS) is 1. The predicted molar refractivity (Wildman–Crippen MR) is 72.2 cm³/mol. The van der Waals surface area contributed by atoms with E-state index in [1.165, 1.54) is 18.2 Å². The monoisotopic (exact) mass is 302 g/mol. The third-order valence-electron chi connectivity index (χ3n) is 2.47. The van der Waals surface area contributed by atoms with E-state index in [1.54, 1.807) is 0 Å². The number of aliphatic carboxylic acids is 1. The maximum Gasteiger partial charge on any atom is 0.253 e. The van der Waals surface area contributed by atoms with E-state index in [2.05, 4.69) is 5.32 Å². The summed E-state index contributed by atoms with van der Waals surface area (Å²) in [6, 6.07) is 3.34. The van der Waals surface area contributed by atoms with Gasteiger partial charge in [-0.1, -0.05) is 37.0 Å². The van der Waals surface area contributed by atoms with Gasteiger partial charge in [0.25, 0.3) is 5.91 Å². The lowest BCUT2D eigenvalue weighted by Gasteiger charge is -2.21. The summed E-state index contributed by atoms with van der Waals surface area (Å²) in [5.74, 6) is -1.76. The number of carbonyl (C=O) groups excluding carboxylic acids is 2. The molecule has 1 aromatic rings. The van der Waals surface area contributed by atoms with Crippen LogP contribution < -0.4 is 10.4 Å². The number of halogens is 2. The molecular formula is C13H14Cl2NO3-. The van der Waals surface area contributed by atoms with Crippen LogP contribution in [0.2, 0.25) is 10.0 Å². The van der Waals surface area contributed by atoms with Gasteiger partial charge in [-0.05, 0) is 30.5 Å². The highest BCUT2D eigenvalue weighted by Crippen LogP contribution is 2.21. The molecule has 1 rings (SSSR count). The average Bonchev–Trinajstić information content (AvgIpc) is 2.26. The van der Waals surface area contributed by atoms with E-state index in [-0.39, 0.29) is 16.5 Å². The number of nitrogens with one attached hydrogen (secondary N) is 1. The van der Waals surface area contributed by atoms with Crippen LogP contribution in [0.4, 0.5) is 0 Å². The van der Waals surface area contributed by atoms with Gasteiger partial charge < -0.3 is 15.2 Å². The Balaban J connectivity index is 2.84. The summed E-state index contributed by atoms with van der Waals surface area (Å²) in [4.78, 5) is 22.9. The lowest BCUT2D eigenvalue weighted by atomic mass is 10.0. The van der Waals surface area contributed by atoms with Crippen molar-refractivity contribution in [2.75, 3.05) is 0 Å². The molecule has 6 heteroatoms. The summed E-state index contributed by atoms with van der Waals surface area (Å²) < 4.78 is 0. The Labute approximate surface area is 121 Å². The van der Waals surface area contributed by atoms with Crippen molar-refractivity contribution in [3.8, 4) is 0 Å². The second kappa shape index (κ2) is 6.78. The maximum atomic E-state index is 11.9. The van der Waals surface area contributed by atoms with Crippen molar-refractivity contribution in [1.82, 2.24) is 5.32 Å². The first-order valence-electron chi connectivity index (χ1n) is 5.78. The summed E-state index contributed by atoms with van der Waals surface area (Å²) in [7, 11) is 0. The molecule has 19 heavy (non-hydrogen) atoms. The number of hydrogen-bond acceptors (Lipinski definition) is 3. The summed E-state index contributed by atoms with van der Waals surface area (Å²) in [6.45, 7) is 3.72. The molecule has 1 aromatic carbocycles. The third-order valence-corrected chi connectivity index (χ3v) is 3.02. The van der Waals surface area contributed by atoms with E-state index in [9.17, 15) is 14.7 Å². The Morgan fingerprint density at radius 1 is 1.32 bits per heavy atom. The quantitative estimate of drug-likeness (QED) is 0.903. The molecule has 0 saturated heterocycles. The molecule has 0 saturated carbocycles. The second-order valence-corrected chi connectivity index (χ2v) is 5.44. The normalized spacial score (nSPS) is 12.3. The first kappa shape index (κ1) is 15.8. The summed E-state index contributed by atoms with van der Waals surface area (Å²) >= 11 is 11.6. The zero-order chi connectivity index (χ0) is 14.6. The van der Waals surface area contributed by atoms with E-state index in [0.29, 0.717) is 11.4 Å². The number of rotatable bonds is 5. The molecule has 1 amide bonds. The SMILES string of the molecule is CC(C)C[C@@H](NC(=O)c1ccc(Cl)cc1Cl)C(=O)[O-]. The van der Waals surface area contributed by atoms with Gasteiger partial charge in [0.15, 0.2) is 0 Å². The van der Waals surface area contributed by atoms with Crippen LogP contribution in [0, 0.1) is 5.92 Å². The second-order valence-electron chi connectivity index (χ2n) is 4.60. The molecular weight excluding hydrogens is 289 g/mol. The Kier molecular flexibility index (Phi) is 5.63. The standard InChI is InChI=1S/C13H15Cl2NO3/c1-7(2)5-11(13(18)19)16-12(17)9-4-3-8(14)6-10(9)15/h3-4,6-7,11H,5H2,1-2H3,(H,16,17)(H,18,19)/p-1/t11-/m1/s1. The molecule has 0 aliphatic carbocycles. The van der Waals surface area contributed by atoms with Crippen molar-refractivity contribution in [3.05, 3.63) is 33.8 Å². The van der Waals surface area contributed by atoms with E-state index in [1.807, 2.05) is 13.8 Å². The van der Waals surface area contributed by atoms with Crippen molar-refractivity contribution in [3.63, 3.8) is 0 Å². The van der Waals surface area contributed by atoms with Crippen LogP contribution >= 0.6 is 23.2 Å². The molecule has 0 radical (unpaired) electrons. The van der Waals surface area contributed by atoms with Crippen molar-refractivity contribution >= 4 is 35.1 Å². The Morgan fingerprint density at radius 2 is 1.95 bits per heavy atom. The fraction of sp³-hybridized carbons (Fsp3) is 0.385. The fourth-order valence-corrected chi connectivity index (χ4v) is 2.09. The van der Waals surface area contributed by atoms with Gasteiger partial charge in [0.1, 0.15) is 0 Å². The molecule has 0 aliphatic heterocycles. The number of benzene rings is 1. The molecule has 0 spiro atoms. The van der Waals surface area contributed by atoms with Gasteiger partial charge in [0.2, 0.25) is 0 Å². The molecule has 1 N–H and O–H groups in total. The van der Waals surface area contributed by atoms with Crippen molar-refractivity contribution in [2.45, 2.75) is 26.3 Å². The first-order valence-corrected chi connectivity index (χ1v) is 6.53. The Hall–Kier alpha value is -1.26. The van der Waals surface area contributed by atoms with Crippen LogP contribution in [-0.4, -0.2) is 17.9 Å². The topological polar surface area (TPSA) is 69.2 Å². The maximum absolute atomic E-state index is 11.9. The van der Waals surface area contributed by atoms with Crippen LogP contribution in [0.25, 0.3) is 0 Å². The average molecular weight is 303 g/mol. The lowest BCUT2D eigenvalue weighted by molar-refractivity contribution is -0.308. The number of carboxylic acids is 1. The minimum Gasteiger partial charge on any atom is -0.548 e. The predicted octanol–water partition coefficient (Wildman–Crippen LogP) is 1.89. The van der Waals surface area contributed by atoms with Gasteiger partial charge in [-0.2, -0.15) is 0 Å². The van der Waals surface area contributed by atoms with Gasteiger partial charge in [-0.15, -0.1) is 0 Å². The molecule has 0 bridgehead atoms. The minimum atomic E-state index is -1.31. The summed E-state index contributed by atoms with van der Waals surface area (Å²) in [5, 5.41) is 13.9. The molecule has 0 unspecified atom stereocenters. The van der Waals surface area contributed by atoms with Crippen molar-refractivity contribution in [1.29, 1.82) is 0 Å². The van der Waals surface area contributed by atoms with Crippen LogP contribution in [0.3, 0.4) is 0 Å². The van der Waals surface area contributed by atoms with Crippen molar-refractivity contribution < 1.29 is 14.7 Å². The van der Waals surface area contributed by atoms with Gasteiger partial charge in [-0.3, -0.25) is 4.79 Å². The highest BCUT2D eigenvalue weighted by molar-refractivity contribution is 6.36. The van der Waals surface area contributed by atoms with Crippen molar-refractivity contribution in [2.24, 2.45) is 5.92 Å². The lowest BCUT2D eigenvalue weighted by Crippen LogP contribution is -2.48. The smallest absolute Gasteiger partial charge is 0.253 e.